The molecule has 2 rings (SSSR count). The van der Waals surface area contributed by atoms with Gasteiger partial charge in [0.1, 0.15) is 5.75 Å². The number of nitro groups is 1. The molecule has 0 aliphatic rings. The van der Waals surface area contributed by atoms with Gasteiger partial charge in [0.25, 0.3) is 21.6 Å². The Morgan fingerprint density at radius 1 is 1.16 bits per heavy atom. The van der Waals surface area contributed by atoms with Crippen LogP contribution in [-0.4, -0.2) is 44.3 Å². The largest absolute Gasteiger partial charge is 0.495 e. The zero-order valence-corrected chi connectivity index (χ0v) is 19.0. The summed E-state index contributed by atoms with van der Waals surface area (Å²) in [5, 5.41) is 11.0. The first-order valence-electron chi connectivity index (χ1n) is 9.68. The van der Waals surface area contributed by atoms with E-state index in [0.717, 1.165) is 12.5 Å². The highest BCUT2D eigenvalue weighted by atomic mass is 32.2. The highest BCUT2D eigenvalue weighted by molar-refractivity contribution is 7.92. The summed E-state index contributed by atoms with van der Waals surface area (Å²) in [6.45, 7) is 6.13. The highest BCUT2D eigenvalue weighted by Crippen LogP contribution is 2.31. The molecule has 1 amide bonds. The molecule has 1 unspecified atom stereocenters. The number of carbonyl (C=O) groups is 1. The van der Waals surface area contributed by atoms with Crippen LogP contribution in [0.1, 0.15) is 37.6 Å². The quantitative estimate of drug-likeness (QED) is 0.458. The Labute approximate surface area is 182 Å². The summed E-state index contributed by atoms with van der Waals surface area (Å²) in [7, 11) is -1.01. The fourth-order valence-electron chi connectivity index (χ4n) is 3.11. The third kappa shape index (κ3) is 5.94. The van der Waals surface area contributed by atoms with E-state index in [0.29, 0.717) is 11.5 Å². The fraction of sp³-hybridized carbons (Fsp3) is 0.381. The summed E-state index contributed by atoms with van der Waals surface area (Å²) >= 11 is 0. The molecule has 0 spiro atoms. The summed E-state index contributed by atoms with van der Waals surface area (Å²) in [6.07, 6.45) is 0.851. The molecular weight excluding hydrogens is 422 g/mol. The van der Waals surface area contributed by atoms with E-state index in [9.17, 15) is 23.3 Å². The summed E-state index contributed by atoms with van der Waals surface area (Å²) in [5.41, 5.74) is 0.0297. The third-order valence-electron chi connectivity index (χ3n) is 4.84. The molecule has 0 bridgehead atoms. The van der Waals surface area contributed by atoms with Crippen molar-refractivity contribution in [2.75, 3.05) is 18.9 Å². The van der Waals surface area contributed by atoms with Crippen molar-refractivity contribution in [3.8, 4) is 5.75 Å². The van der Waals surface area contributed by atoms with Gasteiger partial charge in [0.05, 0.1) is 22.6 Å². The first-order valence-corrected chi connectivity index (χ1v) is 11.2. The summed E-state index contributed by atoms with van der Waals surface area (Å²) in [5.74, 6) is 0.377. The Bertz CT molecular complexity index is 1050. The highest BCUT2D eigenvalue weighted by Gasteiger charge is 2.22. The van der Waals surface area contributed by atoms with Crippen molar-refractivity contribution < 1.29 is 22.9 Å². The van der Waals surface area contributed by atoms with E-state index in [4.69, 9.17) is 4.74 Å². The molecular formula is C21H27N3O6S. The van der Waals surface area contributed by atoms with Crippen LogP contribution in [0.15, 0.2) is 47.4 Å². The number of nitrogens with one attached hydrogen (secondary N) is 1. The van der Waals surface area contributed by atoms with Crippen molar-refractivity contribution in [3.63, 3.8) is 0 Å². The molecule has 0 fully saturated rings. The fourth-order valence-corrected chi connectivity index (χ4v) is 4.18. The number of anilines is 1. The first-order chi connectivity index (χ1) is 14.5. The number of sulfonamides is 1. The minimum Gasteiger partial charge on any atom is -0.495 e. The lowest BCUT2D eigenvalue weighted by molar-refractivity contribution is -0.384. The molecule has 0 aliphatic heterocycles. The number of nitro benzene ring substituents is 1. The number of amides is 1. The lowest BCUT2D eigenvalue weighted by Gasteiger charge is -2.26. The molecule has 0 saturated heterocycles. The normalized spacial score (nSPS) is 12.3. The second-order valence-electron chi connectivity index (χ2n) is 7.67. The van der Waals surface area contributed by atoms with Crippen molar-refractivity contribution in [3.05, 3.63) is 58.1 Å². The number of hydrogen-bond donors (Lipinski definition) is 1. The van der Waals surface area contributed by atoms with Crippen LogP contribution in [0, 0.1) is 16.0 Å². The summed E-state index contributed by atoms with van der Waals surface area (Å²) in [4.78, 5) is 24.6. The molecule has 2 aromatic rings. The van der Waals surface area contributed by atoms with Crippen LogP contribution in [0.2, 0.25) is 0 Å². The van der Waals surface area contributed by atoms with Gasteiger partial charge >= 0.3 is 0 Å². The van der Waals surface area contributed by atoms with Gasteiger partial charge in [0.2, 0.25) is 0 Å². The van der Waals surface area contributed by atoms with E-state index >= 15 is 0 Å². The minimum absolute atomic E-state index is 0.0407. The molecule has 0 radical (unpaired) electrons. The van der Waals surface area contributed by atoms with Crippen LogP contribution < -0.4 is 9.46 Å². The van der Waals surface area contributed by atoms with Crippen molar-refractivity contribution in [1.82, 2.24) is 4.90 Å². The van der Waals surface area contributed by atoms with E-state index in [1.54, 1.807) is 11.9 Å². The van der Waals surface area contributed by atoms with Gasteiger partial charge in [-0.1, -0.05) is 13.8 Å². The van der Waals surface area contributed by atoms with Gasteiger partial charge in [-0.15, -0.1) is 0 Å². The average molecular weight is 450 g/mol. The number of carbonyl (C=O) groups excluding carboxylic acids is 1. The van der Waals surface area contributed by atoms with Crippen LogP contribution in [0.5, 0.6) is 5.75 Å². The Kier molecular flexibility index (Phi) is 7.61. The molecule has 1 atom stereocenters. The average Bonchev–Trinajstić information content (AvgIpc) is 2.71. The Hall–Kier alpha value is -3.14. The van der Waals surface area contributed by atoms with Gasteiger partial charge in [-0.25, -0.2) is 8.42 Å². The van der Waals surface area contributed by atoms with Gasteiger partial charge in [-0.3, -0.25) is 19.6 Å². The maximum atomic E-state index is 12.8. The van der Waals surface area contributed by atoms with Crippen molar-refractivity contribution in [2.24, 2.45) is 5.92 Å². The second-order valence-corrected chi connectivity index (χ2v) is 9.35. The first kappa shape index (κ1) is 24.1. The van der Waals surface area contributed by atoms with Crippen LogP contribution in [-0.2, 0) is 10.0 Å². The zero-order chi connectivity index (χ0) is 23.3. The van der Waals surface area contributed by atoms with Crippen molar-refractivity contribution in [1.29, 1.82) is 0 Å². The Morgan fingerprint density at radius 2 is 1.77 bits per heavy atom. The lowest BCUT2D eigenvalue weighted by Crippen LogP contribution is -2.35. The summed E-state index contributed by atoms with van der Waals surface area (Å²) in [6, 6.07) is 9.18. The minimum atomic E-state index is -4.06. The van der Waals surface area contributed by atoms with Gasteiger partial charge in [-0.05, 0) is 49.6 Å². The molecule has 168 valence electrons. The molecule has 0 aliphatic carbocycles. The number of rotatable bonds is 9. The van der Waals surface area contributed by atoms with Gasteiger partial charge in [-0.2, -0.15) is 0 Å². The molecule has 0 saturated carbocycles. The number of nitrogens with zero attached hydrogens (tertiary/aromatic N) is 2. The molecule has 31 heavy (non-hydrogen) atoms. The SMILES string of the molecule is COc1ccc([N+](=O)[O-])cc1NS(=O)(=O)c1ccc(C(=O)N(C)C(C)CC(C)C)cc1. The van der Waals surface area contributed by atoms with Crippen molar-refractivity contribution in [2.45, 2.75) is 38.1 Å². The van der Waals surface area contributed by atoms with E-state index in [2.05, 4.69) is 18.6 Å². The molecule has 0 heterocycles. The standard InChI is InChI=1S/C21H27N3O6S/c1-14(2)12-15(3)23(4)21(25)16-6-9-18(10-7-16)31(28,29)22-19-13-17(24(26)27)8-11-20(19)30-5/h6-11,13-15,22H,12H2,1-5H3. The smallest absolute Gasteiger partial charge is 0.271 e. The van der Waals surface area contributed by atoms with Gasteiger partial charge in [0.15, 0.2) is 0 Å². The lowest BCUT2D eigenvalue weighted by atomic mass is 10.0. The maximum Gasteiger partial charge on any atom is 0.271 e. The zero-order valence-electron chi connectivity index (χ0n) is 18.2. The van der Waals surface area contributed by atoms with Crippen LogP contribution >= 0.6 is 0 Å². The van der Waals surface area contributed by atoms with Crippen LogP contribution in [0.25, 0.3) is 0 Å². The number of methoxy groups -OCH3 is 1. The van der Waals surface area contributed by atoms with E-state index in [1.165, 1.54) is 43.5 Å². The number of ether oxygens (including phenoxy) is 1. The Balaban J connectivity index is 2.25. The van der Waals surface area contributed by atoms with Crippen molar-refractivity contribution >= 4 is 27.3 Å². The van der Waals surface area contributed by atoms with Gasteiger partial charge in [0, 0.05) is 30.8 Å². The van der Waals surface area contributed by atoms with Gasteiger partial charge < -0.3 is 9.64 Å². The van der Waals surface area contributed by atoms with E-state index in [-0.39, 0.29) is 34.0 Å². The van der Waals surface area contributed by atoms with E-state index < -0.39 is 14.9 Å². The topological polar surface area (TPSA) is 119 Å². The summed E-state index contributed by atoms with van der Waals surface area (Å²) < 4.78 is 32.9. The number of benzene rings is 2. The van der Waals surface area contributed by atoms with Crippen LogP contribution in [0.3, 0.4) is 0 Å². The maximum absolute atomic E-state index is 12.8. The molecule has 9 nitrogen and oxygen atoms in total. The number of non-ortho nitro benzene ring substituents is 1. The van der Waals surface area contributed by atoms with E-state index in [1.807, 2.05) is 6.92 Å². The monoisotopic (exact) mass is 449 g/mol. The molecule has 0 aromatic heterocycles. The molecule has 2 aromatic carbocycles. The Morgan fingerprint density at radius 3 is 2.29 bits per heavy atom. The number of hydrogen-bond acceptors (Lipinski definition) is 6. The predicted octanol–water partition coefficient (Wildman–Crippen LogP) is 3.91. The molecule has 10 heteroatoms. The predicted molar refractivity (Wildman–Crippen MR) is 118 cm³/mol. The molecule has 1 N–H and O–H groups in total. The third-order valence-corrected chi connectivity index (χ3v) is 6.23. The second kappa shape index (κ2) is 9.78. The van der Waals surface area contributed by atoms with Crippen LogP contribution in [0.4, 0.5) is 11.4 Å².